The van der Waals surface area contributed by atoms with Gasteiger partial charge in [0.15, 0.2) is 11.7 Å². The van der Waals surface area contributed by atoms with Gasteiger partial charge in [-0.1, -0.05) is 32.6 Å². The third-order valence-electron chi connectivity index (χ3n) is 3.81. The minimum absolute atomic E-state index is 0. The number of hydrogen-bond donors (Lipinski definition) is 4. The van der Waals surface area contributed by atoms with Gasteiger partial charge in [0, 0.05) is 6.42 Å². The molecule has 1 heterocycles. The van der Waals surface area contributed by atoms with Crippen molar-refractivity contribution < 1.29 is 80.9 Å². The largest absolute Gasteiger partial charge is 1.00 e. The van der Waals surface area contributed by atoms with Gasteiger partial charge in [-0.2, -0.15) is 0 Å². The first-order valence-corrected chi connectivity index (χ1v) is 8.51. The average molecular weight is 445 g/mol. The molecule has 6 N–H and O–H groups in total. The van der Waals surface area contributed by atoms with Gasteiger partial charge in [-0.15, -0.1) is 9.98 Å². The van der Waals surface area contributed by atoms with Crippen LogP contribution in [0.15, 0.2) is 33.4 Å². The molecular weight excluding hydrogens is 420 g/mol. The number of nitrogens with zero attached hydrogens (tertiary/aromatic N) is 3. The van der Waals surface area contributed by atoms with Crippen molar-refractivity contribution in [2.24, 2.45) is 26.9 Å². The number of carbonyl (C=O) groups is 2. The Balaban J connectivity index is 0. The van der Waals surface area contributed by atoms with Crippen molar-refractivity contribution in [3.63, 3.8) is 0 Å². The van der Waals surface area contributed by atoms with E-state index in [1.54, 1.807) is 0 Å². The van der Waals surface area contributed by atoms with Crippen LogP contribution in [0.4, 0.5) is 4.79 Å². The van der Waals surface area contributed by atoms with E-state index in [1.807, 2.05) is 6.08 Å². The summed E-state index contributed by atoms with van der Waals surface area (Å²) in [7, 11) is -0.0412. The van der Waals surface area contributed by atoms with Crippen molar-refractivity contribution in [2.45, 2.75) is 39.5 Å². The summed E-state index contributed by atoms with van der Waals surface area (Å²) < 4.78 is 4.07. The number of nitrogens with two attached hydrogens (primary N) is 2. The molecular formula is C17H25BKN5O6. The summed E-state index contributed by atoms with van der Waals surface area (Å²) in [6.07, 6.45) is 5.66. The van der Waals surface area contributed by atoms with E-state index in [0.29, 0.717) is 5.41 Å². The van der Waals surface area contributed by atoms with Crippen LogP contribution in [-0.4, -0.2) is 48.0 Å². The van der Waals surface area contributed by atoms with Gasteiger partial charge in [-0.3, -0.25) is 0 Å². The van der Waals surface area contributed by atoms with Gasteiger partial charge in [0.05, 0.1) is 7.11 Å². The van der Waals surface area contributed by atoms with Gasteiger partial charge >= 0.3 is 64.6 Å². The van der Waals surface area contributed by atoms with E-state index in [1.165, 1.54) is 13.2 Å². The van der Waals surface area contributed by atoms with Crippen LogP contribution in [0, 0.1) is 12.0 Å². The Morgan fingerprint density at radius 2 is 1.97 bits per heavy atom. The van der Waals surface area contributed by atoms with E-state index in [0.717, 1.165) is 24.7 Å². The molecule has 1 aliphatic carbocycles. The molecule has 0 saturated carbocycles. The van der Waals surface area contributed by atoms with Crippen LogP contribution in [0.2, 0.25) is 0 Å². The quantitative estimate of drug-likeness (QED) is 0.146. The summed E-state index contributed by atoms with van der Waals surface area (Å²) in [5, 5.41) is 27.8. The fourth-order valence-corrected chi connectivity index (χ4v) is 2.10. The topological polar surface area (TPSA) is 188 Å². The van der Waals surface area contributed by atoms with E-state index in [2.05, 4.69) is 33.4 Å². The number of allylic oxidation sites excluding steroid dienone is 3. The van der Waals surface area contributed by atoms with Crippen LogP contribution in [-0.2, 0) is 9.53 Å². The molecule has 0 aromatic rings. The van der Waals surface area contributed by atoms with E-state index >= 15 is 0 Å². The monoisotopic (exact) mass is 445 g/mol. The number of ether oxygens (including phenoxy) is 1. The van der Waals surface area contributed by atoms with Crippen LogP contribution in [0.25, 0.3) is 4.85 Å². The number of aliphatic imine (C=N–C) groups is 2. The molecule has 0 unspecified atom stereocenters. The number of rotatable bonds is 2. The van der Waals surface area contributed by atoms with Crippen molar-refractivity contribution in [3.05, 3.63) is 34.9 Å². The Bertz CT molecular complexity index is 767. The summed E-state index contributed by atoms with van der Waals surface area (Å²) >= 11 is 0. The zero-order chi connectivity index (χ0) is 22.6. The molecule has 158 valence electrons. The summed E-state index contributed by atoms with van der Waals surface area (Å²) in [5.74, 6) is -1.45. The average Bonchev–Trinajstić information content (AvgIpc) is 3.11. The van der Waals surface area contributed by atoms with Crippen LogP contribution < -0.4 is 68.0 Å². The SMILES string of the molecule is CC1(C)CC=C(B(O)O)CC1.COC(=O)N=C(N)N.[C-]#[N+]C1=CCC(C(=O)[O-])=N1.[K+]. The van der Waals surface area contributed by atoms with E-state index in [-0.39, 0.29) is 75.3 Å². The first-order chi connectivity index (χ1) is 13.4. The predicted molar refractivity (Wildman–Crippen MR) is 106 cm³/mol. The normalized spacial score (nSPS) is 15.5. The third-order valence-corrected chi connectivity index (χ3v) is 3.81. The van der Waals surface area contributed by atoms with Crippen LogP contribution >= 0.6 is 0 Å². The van der Waals surface area contributed by atoms with Crippen LogP contribution in [0.5, 0.6) is 0 Å². The minimum Gasteiger partial charge on any atom is -0.541 e. The first-order valence-electron chi connectivity index (χ1n) is 8.51. The smallest absolute Gasteiger partial charge is 0.541 e. The van der Waals surface area contributed by atoms with Crippen molar-refractivity contribution >= 4 is 30.9 Å². The van der Waals surface area contributed by atoms with Crippen molar-refractivity contribution in [3.8, 4) is 0 Å². The maximum Gasteiger partial charge on any atom is 1.00 e. The summed E-state index contributed by atoms with van der Waals surface area (Å²) in [6, 6.07) is 0. The van der Waals surface area contributed by atoms with E-state index in [9.17, 15) is 14.7 Å². The van der Waals surface area contributed by atoms with Crippen molar-refractivity contribution in [1.29, 1.82) is 0 Å². The van der Waals surface area contributed by atoms with Gasteiger partial charge in [0.1, 0.15) is 5.97 Å². The van der Waals surface area contributed by atoms with Gasteiger partial charge in [-0.25, -0.2) is 4.79 Å². The summed E-state index contributed by atoms with van der Waals surface area (Å²) in [5.41, 5.74) is 10.7. The number of guanidine groups is 1. The Labute approximate surface area is 218 Å². The number of carboxylic acids is 1. The second-order valence-corrected chi connectivity index (χ2v) is 6.75. The predicted octanol–water partition coefficient (Wildman–Crippen LogP) is -3.49. The molecule has 1 amide bonds. The van der Waals surface area contributed by atoms with Crippen molar-refractivity contribution in [2.75, 3.05) is 7.11 Å². The Hall–Kier alpha value is -1.53. The number of hydrogen-bond acceptors (Lipinski definition) is 7. The molecule has 1 aliphatic heterocycles. The zero-order valence-electron chi connectivity index (χ0n) is 17.6. The molecule has 2 rings (SSSR count). The van der Waals surface area contributed by atoms with Crippen molar-refractivity contribution in [1.82, 2.24) is 0 Å². The van der Waals surface area contributed by atoms with Gasteiger partial charge in [0.25, 0.3) is 5.82 Å². The summed E-state index contributed by atoms with van der Waals surface area (Å²) in [6.45, 7) is 10.9. The van der Waals surface area contributed by atoms with Crippen LogP contribution in [0.1, 0.15) is 39.5 Å². The Morgan fingerprint density at radius 3 is 2.23 bits per heavy atom. The fraction of sp³-hybridized carbons (Fsp3) is 0.471. The fourth-order valence-electron chi connectivity index (χ4n) is 2.10. The Kier molecular flexibility index (Phi) is 15.6. The summed E-state index contributed by atoms with van der Waals surface area (Å²) in [4.78, 5) is 29.6. The van der Waals surface area contributed by atoms with Gasteiger partial charge in [-0.05, 0) is 30.1 Å². The van der Waals surface area contributed by atoms with Gasteiger partial charge < -0.3 is 41.0 Å². The Morgan fingerprint density at radius 1 is 1.37 bits per heavy atom. The molecule has 11 nitrogen and oxygen atoms in total. The molecule has 0 bridgehead atoms. The maximum atomic E-state index is 10.1. The number of methoxy groups -OCH3 is 1. The zero-order valence-corrected chi connectivity index (χ0v) is 20.7. The molecule has 0 aromatic carbocycles. The third kappa shape index (κ3) is 13.6. The molecule has 0 aromatic heterocycles. The molecule has 0 atom stereocenters. The number of aliphatic carboxylic acids is 1. The van der Waals surface area contributed by atoms with E-state index in [4.69, 9.17) is 28.1 Å². The number of carboxylic acid groups (broad SMARTS) is 1. The minimum atomic E-state index is -1.30. The second kappa shape index (κ2) is 15.3. The molecule has 13 heteroatoms. The first kappa shape index (κ1) is 30.7. The second-order valence-electron chi connectivity index (χ2n) is 6.75. The molecule has 0 fully saturated rings. The molecule has 2 aliphatic rings. The molecule has 30 heavy (non-hydrogen) atoms. The molecule has 0 saturated heterocycles. The van der Waals surface area contributed by atoms with Crippen LogP contribution in [0.3, 0.4) is 0 Å². The van der Waals surface area contributed by atoms with Gasteiger partial charge in [0.2, 0.25) is 0 Å². The number of carbonyl (C=O) groups excluding carboxylic acids is 2. The number of amides is 1. The molecule has 0 radical (unpaired) electrons. The van der Waals surface area contributed by atoms with E-state index < -0.39 is 19.2 Å². The standard InChI is InChI=1S/C8H15BO2.C6H4N2O2.C3H7N3O2.K/c1-8(2)5-3-7(4-6-8)9(10)11;1-7-5-3-2-4(8-5)6(9)10;1-8-3(7)6-2(4)5;/h3,10-11H,4-6H2,1-2H3;3H,2H2,(H,9,10);1H3,(H4,4,5,6,7);/q;;;+1/p-1. The molecule has 0 spiro atoms. The maximum absolute atomic E-state index is 10.1.